The summed E-state index contributed by atoms with van der Waals surface area (Å²) in [6, 6.07) is 0.310. The van der Waals surface area contributed by atoms with E-state index in [1.165, 1.54) is 0 Å². The van der Waals surface area contributed by atoms with Crippen LogP contribution in [0.1, 0.15) is 54.4 Å². The van der Waals surface area contributed by atoms with Gasteiger partial charge in [0.1, 0.15) is 11.4 Å². The number of rotatable bonds is 3. The Labute approximate surface area is 111 Å². The topological polar surface area (TPSA) is 60.3 Å². The molecule has 0 radical (unpaired) electrons. The Kier molecular flexibility index (Phi) is 3.92. The Hall–Kier alpha value is -0.900. The van der Waals surface area contributed by atoms with E-state index in [4.69, 9.17) is 5.41 Å². The molecule has 1 heterocycles. The Morgan fingerprint density at radius 2 is 1.72 bits per heavy atom. The summed E-state index contributed by atoms with van der Waals surface area (Å²) in [5.41, 5.74) is -0.351. The third-order valence-electron chi connectivity index (χ3n) is 3.55. The minimum absolute atomic E-state index is 0.0887. The predicted octanol–water partition coefficient (Wildman–Crippen LogP) is 2.34. The van der Waals surface area contributed by atoms with Gasteiger partial charge < -0.3 is 10.6 Å². The summed E-state index contributed by atoms with van der Waals surface area (Å²) < 4.78 is 0. The van der Waals surface area contributed by atoms with Crippen LogP contribution >= 0.6 is 0 Å². The van der Waals surface area contributed by atoms with Crippen LogP contribution in [0.4, 0.5) is 0 Å². The van der Waals surface area contributed by atoms with E-state index in [9.17, 15) is 0 Å². The monoisotopic (exact) mass is 252 g/mol. The lowest BCUT2D eigenvalue weighted by Gasteiger charge is -2.47. The van der Waals surface area contributed by atoms with E-state index in [-0.39, 0.29) is 11.1 Å². The average molecular weight is 252 g/mol. The summed E-state index contributed by atoms with van der Waals surface area (Å²) in [7, 11) is 0. The molecule has 4 heteroatoms. The summed E-state index contributed by atoms with van der Waals surface area (Å²) in [6.07, 6.45) is 2.01. The molecule has 0 aliphatic carbocycles. The standard InChI is InChI=1S/C14H28N4/c1-12(2)8-10(9-13(3,4)18-12)17-11(15)14(5,6)16-7/h10,18H,7-9H2,1-6H3,(H2,15,17). The van der Waals surface area contributed by atoms with Crippen LogP contribution in [-0.4, -0.2) is 35.2 Å². The molecule has 0 aromatic carbocycles. The van der Waals surface area contributed by atoms with Crippen molar-refractivity contribution in [2.24, 2.45) is 4.99 Å². The number of hydrogen-bond acceptors (Lipinski definition) is 3. The van der Waals surface area contributed by atoms with Crippen LogP contribution in [0, 0.1) is 5.41 Å². The van der Waals surface area contributed by atoms with E-state index < -0.39 is 5.54 Å². The smallest absolute Gasteiger partial charge is 0.121 e. The molecule has 0 spiro atoms. The van der Waals surface area contributed by atoms with Gasteiger partial charge in [-0.3, -0.25) is 10.4 Å². The van der Waals surface area contributed by atoms with Crippen molar-refractivity contribution in [3.63, 3.8) is 0 Å². The first kappa shape index (κ1) is 15.2. The molecule has 1 aliphatic rings. The highest BCUT2D eigenvalue weighted by Gasteiger charge is 2.38. The first-order valence-corrected chi connectivity index (χ1v) is 6.60. The number of amidine groups is 1. The van der Waals surface area contributed by atoms with Gasteiger partial charge in [-0.05, 0) is 61.1 Å². The van der Waals surface area contributed by atoms with Gasteiger partial charge in [0.2, 0.25) is 0 Å². The van der Waals surface area contributed by atoms with Gasteiger partial charge in [-0.2, -0.15) is 0 Å². The number of piperidine rings is 1. The van der Waals surface area contributed by atoms with Gasteiger partial charge >= 0.3 is 0 Å². The highest BCUT2D eigenvalue weighted by Crippen LogP contribution is 2.28. The number of nitrogens with zero attached hydrogens (tertiary/aromatic N) is 1. The zero-order valence-electron chi connectivity index (χ0n) is 12.6. The van der Waals surface area contributed by atoms with Crippen LogP contribution in [0.25, 0.3) is 0 Å². The van der Waals surface area contributed by atoms with Crippen molar-refractivity contribution in [1.82, 2.24) is 10.6 Å². The molecule has 0 unspecified atom stereocenters. The van der Waals surface area contributed by atoms with E-state index >= 15 is 0 Å². The lowest BCUT2D eigenvalue weighted by atomic mass is 9.79. The van der Waals surface area contributed by atoms with Crippen molar-refractivity contribution in [3.05, 3.63) is 0 Å². The van der Waals surface area contributed by atoms with Gasteiger partial charge in [0.05, 0.1) is 0 Å². The first-order chi connectivity index (χ1) is 7.97. The number of aliphatic imine (C=N–C) groups is 1. The Morgan fingerprint density at radius 3 is 2.11 bits per heavy atom. The summed E-state index contributed by atoms with van der Waals surface area (Å²) in [6.45, 7) is 16.2. The number of hydrogen-bond donors (Lipinski definition) is 3. The molecule has 104 valence electrons. The fraction of sp³-hybridized carbons (Fsp3) is 0.857. The summed E-state index contributed by atoms with van der Waals surface area (Å²) >= 11 is 0. The van der Waals surface area contributed by atoms with Crippen molar-refractivity contribution in [3.8, 4) is 0 Å². The van der Waals surface area contributed by atoms with Crippen LogP contribution < -0.4 is 10.6 Å². The van der Waals surface area contributed by atoms with Gasteiger partial charge in [-0.25, -0.2) is 0 Å². The number of nitrogens with one attached hydrogen (secondary N) is 3. The average Bonchev–Trinajstić information content (AvgIpc) is 2.12. The normalized spacial score (nSPS) is 23.4. The molecule has 1 aliphatic heterocycles. The maximum atomic E-state index is 8.12. The van der Waals surface area contributed by atoms with Crippen LogP contribution in [-0.2, 0) is 0 Å². The zero-order valence-corrected chi connectivity index (χ0v) is 12.6. The maximum absolute atomic E-state index is 8.12. The van der Waals surface area contributed by atoms with Crippen LogP contribution in [0.2, 0.25) is 0 Å². The van der Waals surface area contributed by atoms with Gasteiger partial charge in [-0.15, -0.1) is 0 Å². The van der Waals surface area contributed by atoms with Crippen molar-refractivity contribution in [2.45, 2.75) is 77.0 Å². The zero-order chi connectivity index (χ0) is 14.2. The van der Waals surface area contributed by atoms with E-state index in [0.29, 0.717) is 11.9 Å². The first-order valence-electron chi connectivity index (χ1n) is 6.60. The quantitative estimate of drug-likeness (QED) is 0.533. The molecule has 0 amide bonds. The molecule has 1 fully saturated rings. The van der Waals surface area contributed by atoms with E-state index in [2.05, 4.69) is 50.0 Å². The van der Waals surface area contributed by atoms with Gasteiger partial charge in [0.15, 0.2) is 0 Å². The lowest BCUT2D eigenvalue weighted by Crippen LogP contribution is -2.63. The lowest BCUT2D eigenvalue weighted by molar-refractivity contribution is 0.154. The van der Waals surface area contributed by atoms with E-state index in [0.717, 1.165) is 12.8 Å². The Morgan fingerprint density at radius 1 is 1.28 bits per heavy atom. The summed E-state index contributed by atoms with van der Waals surface area (Å²) in [5, 5.41) is 15.1. The molecule has 0 aromatic rings. The van der Waals surface area contributed by atoms with Gasteiger partial charge in [-0.1, -0.05) is 0 Å². The third kappa shape index (κ3) is 3.80. The second kappa shape index (κ2) is 4.65. The molecule has 18 heavy (non-hydrogen) atoms. The van der Waals surface area contributed by atoms with Crippen LogP contribution in [0.15, 0.2) is 4.99 Å². The van der Waals surface area contributed by atoms with Crippen LogP contribution in [0.3, 0.4) is 0 Å². The van der Waals surface area contributed by atoms with Crippen molar-refractivity contribution in [1.29, 1.82) is 5.41 Å². The van der Waals surface area contributed by atoms with Crippen molar-refractivity contribution in [2.75, 3.05) is 0 Å². The minimum atomic E-state index is -0.529. The highest BCUT2D eigenvalue weighted by atomic mass is 15.1. The summed E-state index contributed by atoms with van der Waals surface area (Å²) in [4.78, 5) is 4.01. The fourth-order valence-corrected chi connectivity index (χ4v) is 2.88. The molecule has 0 bridgehead atoms. The second-order valence-corrected chi connectivity index (χ2v) is 7.23. The molecule has 0 aromatic heterocycles. The van der Waals surface area contributed by atoms with Gasteiger partial charge in [0.25, 0.3) is 0 Å². The molecular formula is C14H28N4. The molecule has 4 nitrogen and oxygen atoms in total. The Bertz CT molecular complexity index is 326. The van der Waals surface area contributed by atoms with Gasteiger partial charge in [0, 0.05) is 17.1 Å². The van der Waals surface area contributed by atoms with E-state index in [1.807, 2.05) is 13.8 Å². The SMILES string of the molecule is C=NC(C)(C)C(=N)NC1CC(C)(C)NC(C)(C)C1. The molecule has 3 N–H and O–H groups in total. The largest absolute Gasteiger partial charge is 0.369 e. The molecule has 0 saturated carbocycles. The molecule has 1 rings (SSSR count). The predicted molar refractivity (Wildman–Crippen MR) is 78.8 cm³/mol. The molecular weight excluding hydrogens is 224 g/mol. The van der Waals surface area contributed by atoms with Crippen molar-refractivity contribution < 1.29 is 0 Å². The molecule has 1 saturated heterocycles. The van der Waals surface area contributed by atoms with Crippen molar-refractivity contribution >= 4 is 12.6 Å². The van der Waals surface area contributed by atoms with E-state index in [1.54, 1.807) is 0 Å². The minimum Gasteiger partial charge on any atom is -0.369 e. The molecule has 0 atom stereocenters. The highest BCUT2D eigenvalue weighted by molar-refractivity contribution is 5.89. The fourth-order valence-electron chi connectivity index (χ4n) is 2.88. The summed E-state index contributed by atoms with van der Waals surface area (Å²) in [5.74, 6) is 0.455. The maximum Gasteiger partial charge on any atom is 0.121 e. The second-order valence-electron chi connectivity index (χ2n) is 7.23. The van der Waals surface area contributed by atoms with Crippen LogP contribution in [0.5, 0.6) is 0 Å². The third-order valence-corrected chi connectivity index (χ3v) is 3.55. The Balaban J connectivity index is 2.73.